The summed E-state index contributed by atoms with van der Waals surface area (Å²) in [6.45, 7) is 9.83. The van der Waals surface area contributed by atoms with Gasteiger partial charge >= 0.3 is 0 Å². The van der Waals surface area contributed by atoms with E-state index in [1.165, 1.54) is 5.56 Å². The van der Waals surface area contributed by atoms with Crippen molar-refractivity contribution in [3.63, 3.8) is 0 Å². The Morgan fingerprint density at radius 3 is 2.33 bits per heavy atom. The van der Waals surface area contributed by atoms with E-state index in [9.17, 15) is 9.59 Å². The van der Waals surface area contributed by atoms with Crippen LogP contribution < -0.4 is 5.32 Å². The first kappa shape index (κ1) is 22.2. The molecule has 0 atom stereocenters. The fourth-order valence-electron chi connectivity index (χ4n) is 2.35. The van der Waals surface area contributed by atoms with Crippen LogP contribution in [0.25, 0.3) is 11.3 Å². The van der Waals surface area contributed by atoms with Crippen LogP contribution in [-0.2, 0) is 4.79 Å². The number of aryl methyl sites for hydroxylation is 1. The highest BCUT2D eigenvalue weighted by Crippen LogP contribution is 2.22. The predicted octanol–water partition coefficient (Wildman–Crippen LogP) is 5.84. The number of furan rings is 1. The molecule has 0 saturated heterocycles. The lowest BCUT2D eigenvalue weighted by Crippen LogP contribution is -2.21. The van der Waals surface area contributed by atoms with E-state index in [0.29, 0.717) is 17.9 Å². The van der Waals surface area contributed by atoms with E-state index in [1.54, 1.807) is 18.2 Å². The second-order valence-electron chi connectivity index (χ2n) is 5.75. The summed E-state index contributed by atoms with van der Waals surface area (Å²) in [5, 5.41) is 2.82. The van der Waals surface area contributed by atoms with Gasteiger partial charge in [-0.1, -0.05) is 62.2 Å². The van der Waals surface area contributed by atoms with Crippen LogP contribution in [0.1, 0.15) is 56.7 Å². The lowest BCUT2D eigenvalue weighted by Gasteiger charge is -2.06. The van der Waals surface area contributed by atoms with Crippen molar-refractivity contribution in [2.75, 3.05) is 0 Å². The van der Waals surface area contributed by atoms with Crippen LogP contribution in [0.2, 0.25) is 0 Å². The zero-order valence-electron chi connectivity index (χ0n) is 16.8. The van der Waals surface area contributed by atoms with E-state index in [1.807, 2.05) is 65.0 Å². The Bertz CT molecular complexity index is 795. The van der Waals surface area contributed by atoms with Crippen LogP contribution >= 0.6 is 0 Å². The molecule has 0 aliphatic carbocycles. The minimum absolute atomic E-state index is 0.247. The van der Waals surface area contributed by atoms with Gasteiger partial charge in [0.05, 0.1) is 0 Å². The van der Waals surface area contributed by atoms with Crippen LogP contribution in [0, 0.1) is 6.92 Å². The molecule has 2 aromatic rings. The van der Waals surface area contributed by atoms with Crippen LogP contribution in [0.5, 0.6) is 0 Å². The van der Waals surface area contributed by atoms with Crippen molar-refractivity contribution in [3.05, 3.63) is 71.1 Å². The topological polar surface area (TPSA) is 59.3 Å². The van der Waals surface area contributed by atoms with Crippen molar-refractivity contribution >= 4 is 12.2 Å². The van der Waals surface area contributed by atoms with Gasteiger partial charge in [-0.3, -0.25) is 4.79 Å². The zero-order valence-corrected chi connectivity index (χ0v) is 16.8. The molecule has 0 aliphatic heterocycles. The van der Waals surface area contributed by atoms with Gasteiger partial charge in [0.1, 0.15) is 12.0 Å². The number of amides is 1. The Hall–Kier alpha value is -2.88. The first-order chi connectivity index (χ1) is 13.1. The predicted molar refractivity (Wildman–Crippen MR) is 111 cm³/mol. The van der Waals surface area contributed by atoms with Crippen molar-refractivity contribution in [2.45, 2.75) is 47.5 Å². The number of hydrogen-bond acceptors (Lipinski definition) is 3. The molecule has 1 N–H and O–H groups in total. The van der Waals surface area contributed by atoms with Crippen LogP contribution in [0.3, 0.4) is 0 Å². The molecular formula is C23H29NO3. The molecule has 0 bridgehead atoms. The van der Waals surface area contributed by atoms with Gasteiger partial charge in [-0.25, -0.2) is 0 Å². The Kier molecular flexibility index (Phi) is 9.59. The summed E-state index contributed by atoms with van der Waals surface area (Å²) in [5.41, 5.74) is 3.70. The Labute approximate surface area is 162 Å². The first-order valence-corrected chi connectivity index (χ1v) is 9.35. The van der Waals surface area contributed by atoms with E-state index < -0.39 is 0 Å². The Morgan fingerprint density at radius 2 is 1.78 bits per heavy atom. The van der Waals surface area contributed by atoms with Crippen molar-refractivity contribution in [2.24, 2.45) is 0 Å². The quantitative estimate of drug-likeness (QED) is 0.494. The first-order valence-electron chi connectivity index (χ1n) is 9.35. The van der Waals surface area contributed by atoms with Crippen LogP contribution in [0.15, 0.2) is 64.2 Å². The van der Waals surface area contributed by atoms with Gasteiger partial charge in [-0.05, 0) is 38.5 Å². The van der Waals surface area contributed by atoms with E-state index in [4.69, 9.17) is 4.42 Å². The lowest BCUT2D eigenvalue weighted by molar-refractivity contribution is -0.107. The normalized spacial score (nSPS) is 11.4. The fraction of sp³-hybridized carbons (Fsp3) is 0.304. The maximum Gasteiger partial charge on any atom is 0.291 e. The molecule has 4 nitrogen and oxygen atoms in total. The standard InChI is InChI=1S/C21H23NO3.C2H6/c1-4-16(12-13-23)14-18(5-2)22-21(24)20-11-10-19(25-20)17-8-6-15(3)7-9-17;1-2/h5-11,13-14H,4,12H2,1-3H3,(H,22,24);1-2H3/b16-14+,18-5+;. The van der Waals surface area contributed by atoms with Gasteiger partial charge < -0.3 is 14.5 Å². The molecule has 0 spiro atoms. The highest BCUT2D eigenvalue weighted by molar-refractivity contribution is 5.93. The van der Waals surface area contributed by atoms with Crippen LogP contribution in [-0.4, -0.2) is 12.2 Å². The molecule has 0 fully saturated rings. The maximum absolute atomic E-state index is 12.4. The average molecular weight is 367 g/mol. The summed E-state index contributed by atoms with van der Waals surface area (Å²) in [7, 11) is 0. The third kappa shape index (κ3) is 6.74. The molecule has 2 rings (SSSR count). The number of nitrogens with one attached hydrogen (secondary N) is 1. The highest BCUT2D eigenvalue weighted by Gasteiger charge is 2.13. The number of hydrogen-bond donors (Lipinski definition) is 1. The Morgan fingerprint density at radius 1 is 1.11 bits per heavy atom. The molecule has 0 aliphatic rings. The minimum Gasteiger partial charge on any atom is -0.451 e. The van der Waals surface area contributed by atoms with Gasteiger partial charge in [0.15, 0.2) is 5.76 Å². The van der Waals surface area contributed by atoms with E-state index in [-0.39, 0.29) is 11.7 Å². The third-order valence-electron chi connectivity index (χ3n) is 3.89. The summed E-state index contributed by atoms with van der Waals surface area (Å²) in [4.78, 5) is 23.1. The smallest absolute Gasteiger partial charge is 0.291 e. The van der Waals surface area contributed by atoms with Gasteiger partial charge in [0.25, 0.3) is 5.91 Å². The van der Waals surface area contributed by atoms with Gasteiger partial charge in [0, 0.05) is 17.7 Å². The SMILES string of the molecule is C/C=C(\C=C(/CC)CC=O)NC(=O)c1ccc(-c2ccc(C)cc2)o1.CC. The van der Waals surface area contributed by atoms with Gasteiger partial charge in [-0.15, -0.1) is 0 Å². The molecule has 0 saturated carbocycles. The fourth-order valence-corrected chi connectivity index (χ4v) is 2.35. The Balaban J connectivity index is 0.00000176. The molecule has 27 heavy (non-hydrogen) atoms. The van der Waals surface area contributed by atoms with Crippen molar-refractivity contribution in [1.29, 1.82) is 0 Å². The second kappa shape index (κ2) is 11.7. The largest absolute Gasteiger partial charge is 0.451 e. The van der Waals surface area contributed by atoms with Gasteiger partial charge in [0.2, 0.25) is 0 Å². The summed E-state index contributed by atoms with van der Waals surface area (Å²) < 4.78 is 5.68. The van der Waals surface area contributed by atoms with Crippen molar-refractivity contribution in [1.82, 2.24) is 5.32 Å². The van der Waals surface area contributed by atoms with E-state index in [0.717, 1.165) is 23.8 Å². The third-order valence-corrected chi connectivity index (χ3v) is 3.89. The monoisotopic (exact) mass is 367 g/mol. The molecule has 1 aromatic carbocycles. The molecule has 0 unspecified atom stereocenters. The molecular weight excluding hydrogens is 338 g/mol. The lowest BCUT2D eigenvalue weighted by atomic mass is 10.1. The summed E-state index contributed by atoms with van der Waals surface area (Å²) >= 11 is 0. The summed E-state index contributed by atoms with van der Waals surface area (Å²) in [6, 6.07) is 11.4. The molecule has 0 radical (unpaired) electrons. The van der Waals surface area contributed by atoms with Crippen molar-refractivity contribution in [3.8, 4) is 11.3 Å². The van der Waals surface area contributed by atoms with Crippen LogP contribution in [0.4, 0.5) is 0 Å². The summed E-state index contributed by atoms with van der Waals surface area (Å²) in [5.74, 6) is 0.582. The minimum atomic E-state index is -0.315. The maximum atomic E-state index is 12.4. The second-order valence-corrected chi connectivity index (χ2v) is 5.75. The number of carbonyl (C=O) groups is 2. The van der Waals surface area contributed by atoms with Gasteiger partial charge in [-0.2, -0.15) is 0 Å². The average Bonchev–Trinajstić information content (AvgIpc) is 3.19. The summed E-state index contributed by atoms with van der Waals surface area (Å²) in [6.07, 6.45) is 5.61. The number of aldehydes is 1. The number of carbonyl (C=O) groups excluding carboxylic acids is 2. The molecule has 1 aromatic heterocycles. The molecule has 4 heteroatoms. The molecule has 144 valence electrons. The highest BCUT2D eigenvalue weighted by atomic mass is 16.3. The van der Waals surface area contributed by atoms with E-state index in [2.05, 4.69) is 5.32 Å². The number of rotatable bonds is 7. The van der Waals surface area contributed by atoms with E-state index >= 15 is 0 Å². The molecule has 1 amide bonds. The zero-order chi connectivity index (χ0) is 20.2. The number of allylic oxidation sites excluding steroid dienone is 3. The number of benzene rings is 1. The van der Waals surface area contributed by atoms with Crippen molar-refractivity contribution < 1.29 is 14.0 Å². The molecule has 1 heterocycles.